The minimum atomic E-state index is -0.964. The molecule has 0 unspecified atom stereocenters. The minimum absolute atomic E-state index is 0.0275. The van der Waals surface area contributed by atoms with Crippen molar-refractivity contribution in [2.24, 2.45) is 11.8 Å². The maximum absolute atomic E-state index is 14.0. The van der Waals surface area contributed by atoms with Crippen molar-refractivity contribution < 1.29 is 28.9 Å². The second kappa shape index (κ2) is 19.4. The fourth-order valence-electron chi connectivity index (χ4n) is 6.72. The molecule has 0 saturated carbocycles. The molecule has 4 atom stereocenters. The number of hydrogen-bond acceptors (Lipinski definition) is 11. The number of piperazine rings is 1. The standard InChI is InChI=1S/C41H58N6O6S2/c1-26(2)31(19-42-40(54)51-23-30-24-55-39(43-30)27(3)4)37(49)44-32(17-28-11-9-8-10-12-28)34(48)22-47-16-15-46(21-33(47)38(50)45-41(5,6)7)20-29-13-14-35-36(18-29)53-25-52-35/h8-14,18,24,26-27,31-34,48H,15-17,19-23,25H2,1-7H3,(H,42,54)(H,44,49)(H,45,50)/t31-,32-,33-,34+/m1/s1. The molecule has 0 spiro atoms. The van der Waals surface area contributed by atoms with Crippen molar-refractivity contribution >= 4 is 40.5 Å². The number of carbonyl (C=O) groups excluding carboxylic acids is 2. The average Bonchev–Trinajstić information content (AvgIpc) is 3.81. The number of β-amino-alcohol motifs (C(OH)–C–C–N with tert-alkyl or cyclic N) is 1. The molecule has 4 N–H and O–H groups in total. The summed E-state index contributed by atoms with van der Waals surface area (Å²) in [6.07, 6.45) is -0.545. The number of thiocarbonyl (C=S) groups is 1. The molecule has 2 aliphatic heterocycles. The summed E-state index contributed by atoms with van der Waals surface area (Å²) < 4.78 is 16.8. The first-order valence-electron chi connectivity index (χ1n) is 19.2. The van der Waals surface area contributed by atoms with E-state index in [9.17, 15) is 14.7 Å². The van der Waals surface area contributed by atoms with E-state index in [1.54, 1.807) is 11.3 Å². The molecule has 2 aromatic carbocycles. The Morgan fingerprint density at radius 2 is 1.80 bits per heavy atom. The van der Waals surface area contributed by atoms with Gasteiger partial charge in [0.05, 0.1) is 28.8 Å². The van der Waals surface area contributed by atoms with Gasteiger partial charge in [-0.05, 0) is 68.6 Å². The highest BCUT2D eigenvalue weighted by Crippen LogP contribution is 2.33. The summed E-state index contributed by atoms with van der Waals surface area (Å²) in [5, 5.41) is 24.7. The number of aromatic nitrogens is 1. The quantitative estimate of drug-likeness (QED) is 0.148. The monoisotopic (exact) mass is 794 g/mol. The van der Waals surface area contributed by atoms with Crippen LogP contribution >= 0.6 is 23.6 Å². The lowest BCUT2D eigenvalue weighted by molar-refractivity contribution is -0.132. The third-order valence-corrected chi connectivity index (χ3v) is 11.2. The Labute approximate surface area is 335 Å². The van der Waals surface area contributed by atoms with Gasteiger partial charge in [0.2, 0.25) is 18.6 Å². The number of hydrogen-bond donors (Lipinski definition) is 4. The van der Waals surface area contributed by atoms with Crippen LogP contribution in [0.25, 0.3) is 0 Å². The number of carbonyl (C=O) groups is 2. The van der Waals surface area contributed by atoms with Gasteiger partial charge >= 0.3 is 0 Å². The maximum Gasteiger partial charge on any atom is 0.257 e. The lowest BCUT2D eigenvalue weighted by Gasteiger charge is -2.43. The second-order valence-electron chi connectivity index (χ2n) is 16.2. The van der Waals surface area contributed by atoms with Crippen LogP contribution in [0.4, 0.5) is 0 Å². The average molecular weight is 795 g/mol. The summed E-state index contributed by atoms with van der Waals surface area (Å²) in [5.41, 5.74) is 2.44. The molecule has 0 bridgehead atoms. The van der Waals surface area contributed by atoms with Crippen LogP contribution in [0.3, 0.4) is 0 Å². The molecule has 1 saturated heterocycles. The third kappa shape index (κ3) is 12.6. The van der Waals surface area contributed by atoms with E-state index in [-0.39, 0.29) is 49.4 Å². The first kappa shape index (κ1) is 42.3. The van der Waals surface area contributed by atoms with E-state index in [1.807, 2.05) is 88.5 Å². The molecule has 2 aliphatic rings. The maximum atomic E-state index is 14.0. The van der Waals surface area contributed by atoms with Crippen LogP contribution in [0.2, 0.25) is 0 Å². The number of nitrogens with zero attached hydrogens (tertiary/aromatic N) is 3. The topological polar surface area (TPSA) is 138 Å². The summed E-state index contributed by atoms with van der Waals surface area (Å²) >= 11 is 7.06. The fraction of sp³-hybridized carbons (Fsp3) is 0.561. The predicted octanol–water partition coefficient (Wildman–Crippen LogP) is 4.85. The molecule has 12 nitrogen and oxygen atoms in total. The summed E-state index contributed by atoms with van der Waals surface area (Å²) in [6.45, 7) is 17.4. The zero-order chi connectivity index (χ0) is 39.7. The molecular weight excluding hydrogens is 737 g/mol. The Hall–Kier alpha value is -3.82. The third-order valence-electron chi connectivity index (χ3n) is 9.75. The van der Waals surface area contributed by atoms with Gasteiger partial charge in [-0.2, -0.15) is 0 Å². The lowest BCUT2D eigenvalue weighted by Crippen LogP contribution is -2.63. The highest BCUT2D eigenvalue weighted by Gasteiger charge is 2.37. The Morgan fingerprint density at radius 1 is 1.05 bits per heavy atom. The van der Waals surface area contributed by atoms with Gasteiger partial charge in [0.25, 0.3) is 5.17 Å². The van der Waals surface area contributed by atoms with Gasteiger partial charge < -0.3 is 35.3 Å². The second-order valence-corrected chi connectivity index (χ2v) is 17.4. The van der Waals surface area contributed by atoms with Crippen molar-refractivity contribution in [1.82, 2.24) is 30.7 Å². The Morgan fingerprint density at radius 3 is 2.49 bits per heavy atom. The van der Waals surface area contributed by atoms with E-state index in [0.29, 0.717) is 38.5 Å². The number of nitrogens with one attached hydrogen (secondary N) is 3. The Bertz CT molecular complexity index is 1730. The van der Waals surface area contributed by atoms with Gasteiger partial charge in [-0.1, -0.05) is 64.1 Å². The first-order valence-corrected chi connectivity index (χ1v) is 20.5. The number of rotatable bonds is 16. The van der Waals surface area contributed by atoms with E-state index in [4.69, 9.17) is 26.4 Å². The number of thiazole rings is 1. The van der Waals surface area contributed by atoms with Crippen LogP contribution in [0.1, 0.15) is 76.2 Å². The van der Waals surface area contributed by atoms with Crippen molar-refractivity contribution in [2.75, 3.05) is 39.5 Å². The van der Waals surface area contributed by atoms with Crippen LogP contribution in [-0.4, -0.2) is 100 Å². The zero-order valence-electron chi connectivity index (χ0n) is 33.2. The van der Waals surface area contributed by atoms with E-state index < -0.39 is 29.6 Å². The van der Waals surface area contributed by atoms with Crippen molar-refractivity contribution in [3.05, 3.63) is 75.7 Å². The largest absolute Gasteiger partial charge is 0.465 e. The molecule has 55 heavy (non-hydrogen) atoms. The van der Waals surface area contributed by atoms with Crippen LogP contribution in [0.15, 0.2) is 53.9 Å². The van der Waals surface area contributed by atoms with Gasteiger partial charge in [0.1, 0.15) is 12.6 Å². The molecule has 300 valence electrons. The number of benzene rings is 2. The van der Waals surface area contributed by atoms with Gasteiger partial charge in [0.15, 0.2) is 11.5 Å². The molecule has 5 rings (SSSR count). The SMILES string of the molecule is CC(C)c1nc(COC(=S)NC[C@@H](C(=O)N[C@H](Cc2ccccc2)[C@@H](O)CN2CCN(Cc3ccc4c(c3)OCO4)C[C@@H]2C(=O)NC(C)(C)C)C(C)C)cs1. The van der Waals surface area contributed by atoms with Crippen LogP contribution in [-0.2, 0) is 33.9 Å². The van der Waals surface area contributed by atoms with Gasteiger partial charge in [-0.25, -0.2) is 4.98 Å². The smallest absolute Gasteiger partial charge is 0.257 e. The van der Waals surface area contributed by atoms with E-state index in [1.165, 1.54) is 0 Å². The first-order chi connectivity index (χ1) is 26.1. The van der Waals surface area contributed by atoms with E-state index >= 15 is 0 Å². The molecule has 14 heteroatoms. The molecule has 1 aromatic heterocycles. The number of amides is 2. The van der Waals surface area contributed by atoms with Crippen LogP contribution in [0, 0.1) is 11.8 Å². The lowest BCUT2D eigenvalue weighted by atomic mass is 9.93. The molecule has 1 fully saturated rings. The summed E-state index contributed by atoms with van der Waals surface area (Å²) in [4.78, 5) is 36.8. The van der Waals surface area contributed by atoms with Gasteiger partial charge in [0, 0.05) is 56.1 Å². The van der Waals surface area contributed by atoms with Crippen LogP contribution < -0.4 is 25.4 Å². The number of aliphatic hydroxyl groups excluding tert-OH is 1. The molecule has 0 radical (unpaired) electrons. The number of aliphatic hydroxyl groups is 1. The molecule has 3 aromatic rings. The summed E-state index contributed by atoms with van der Waals surface area (Å²) in [5.74, 6) is 1.03. The molecule has 2 amide bonds. The summed E-state index contributed by atoms with van der Waals surface area (Å²) in [7, 11) is 0. The van der Waals surface area contributed by atoms with Crippen molar-refractivity contribution in [1.29, 1.82) is 0 Å². The fourth-order valence-corrected chi connectivity index (χ4v) is 7.68. The Kier molecular flexibility index (Phi) is 14.9. The molecule has 3 heterocycles. The van der Waals surface area contributed by atoms with Crippen LogP contribution in [0.5, 0.6) is 11.5 Å². The minimum Gasteiger partial charge on any atom is -0.465 e. The van der Waals surface area contributed by atoms with E-state index in [2.05, 4.69) is 44.6 Å². The normalized spacial score (nSPS) is 17.8. The highest BCUT2D eigenvalue weighted by atomic mass is 32.1. The number of fused-ring (bicyclic) bond motifs is 1. The van der Waals surface area contributed by atoms with E-state index in [0.717, 1.165) is 33.3 Å². The van der Waals surface area contributed by atoms with Crippen molar-refractivity contribution in [2.45, 2.75) is 97.7 Å². The zero-order valence-corrected chi connectivity index (χ0v) is 34.8. The number of ether oxygens (including phenoxy) is 3. The highest BCUT2D eigenvalue weighted by molar-refractivity contribution is 7.80. The van der Waals surface area contributed by atoms with Crippen molar-refractivity contribution in [3.8, 4) is 11.5 Å². The Balaban J connectivity index is 1.25. The summed E-state index contributed by atoms with van der Waals surface area (Å²) in [6, 6.07) is 14.6. The van der Waals surface area contributed by atoms with Gasteiger partial charge in [-0.15, -0.1) is 11.3 Å². The van der Waals surface area contributed by atoms with Crippen molar-refractivity contribution in [3.63, 3.8) is 0 Å². The molecular formula is C41H58N6O6S2. The molecule has 0 aliphatic carbocycles. The predicted molar refractivity (Wildman–Crippen MR) is 219 cm³/mol. The van der Waals surface area contributed by atoms with Gasteiger partial charge in [-0.3, -0.25) is 19.4 Å².